The molecule has 0 aliphatic rings. The van der Waals surface area contributed by atoms with Gasteiger partial charge >= 0.3 is 0 Å². The highest BCUT2D eigenvalue weighted by Crippen LogP contribution is 2.31. The van der Waals surface area contributed by atoms with Crippen molar-refractivity contribution in [2.75, 3.05) is 6.26 Å². The number of hydrogen-bond acceptors (Lipinski definition) is 3. The number of rotatable bonds is 3. The summed E-state index contributed by atoms with van der Waals surface area (Å²) in [6.45, 7) is 3.43. The highest BCUT2D eigenvalue weighted by molar-refractivity contribution is 7.97. The molecule has 2 rings (SSSR count). The summed E-state index contributed by atoms with van der Waals surface area (Å²) in [6.07, 6.45) is 2.00. The van der Waals surface area contributed by atoms with Crippen LogP contribution in [0.4, 0.5) is 0 Å². The van der Waals surface area contributed by atoms with Crippen molar-refractivity contribution in [2.24, 2.45) is 0 Å². The fourth-order valence-electron chi connectivity index (χ4n) is 1.85. The predicted octanol–water partition coefficient (Wildman–Crippen LogP) is 3.89. The van der Waals surface area contributed by atoms with Crippen LogP contribution in [0.3, 0.4) is 0 Å². The van der Waals surface area contributed by atoms with E-state index in [4.69, 9.17) is 23.2 Å². The van der Waals surface area contributed by atoms with Gasteiger partial charge in [-0.15, -0.1) is 11.8 Å². The van der Waals surface area contributed by atoms with Crippen LogP contribution in [0.1, 0.15) is 19.7 Å². The zero-order valence-electron chi connectivity index (χ0n) is 10.4. The average molecular weight is 305 g/mol. The lowest BCUT2D eigenvalue weighted by Gasteiger charge is -2.18. The number of benzene rings is 1. The molecule has 0 unspecified atom stereocenters. The molecule has 0 aliphatic carbocycles. The van der Waals surface area contributed by atoms with Crippen LogP contribution in [-0.2, 0) is 11.5 Å². The monoisotopic (exact) mass is 304 g/mol. The Kier molecular flexibility index (Phi) is 3.83. The minimum Gasteiger partial charge on any atom is -0.383 e. The third-order valence-corrected chi connectivity index (χ3v) is 3.83. The zero-order valence-corrected chi connectivity index (χ0v) is 12.7. The Balaban J connectivity index is 2.75. The van der Waals surface area contributed by atoms with Crippen LogP contribution in [0.2, 0.25) is 10.0 Å². The maximum absolute atomic E-state index is 10.2. The Bertz CT molecular complexity index is 590. The third-order valence-electron chi connectivity index (χ3n) is 2.60. The highest BCUT2D eigenvalue weighted by Gasteiger charge is 2.25. The second-order valence-electron chi connectivity index (χ2n) is 4.60. The van der Waals surface area contributed by atoms with Gasteiger partial charge in [-0.3, -0.25) is 0 Å². The lowest BCUT2D eigenvalue weighted by Crippen LogP contribution is -2.21. The normalized spacial score (nSPS) is 12.3. The van der Waals surface area contributed by atoms with E-state index in [1.54, 1.807) is 37.7 Å². The van der Waals surface area contributed by atoms with Crippen LogP contribution in [0.5, 0.6) is 0 Å². The lowest BCUT2D eigenvalue weighted by molar-refractivity contribution is 0.0662. The average Bonchev–Trinajstić information content (AvgIpc) is 2.58. The van der Waals surface area contributed by atoms with Gasteiger partial charge in [0.2, 0.25) is 0 Å². The molecule has 0 atom stereocenters. The Morgan fingerprint density at radius 3 is 2.50 bits per heavy atom. The molecule has 2 aromatic rings. The molecule has 0 spiro atoms. The van der Waals surface area contributed by atoms with Gasteiger partial charge in [-0.1, -0.05) is 23.2 Å². The van der Waals surface area contributed by atoms with Gasteiger partial charge in [-0.2, -0.15) is 0 Å². The minimum atomic E-state index is -1.01. The molecule has 1 heterocycles. The SMILES string of the molecule is CSCn1c(C(C)(C)O)nc2cc(Cl)c(Cl)cc21. The fraction of sp³-hybridized carbons (Fsp3) is 0.417. The van der Waals surface area contributed by atoms with Crippen molar-refractivity contribution < 1.29 is 5.11 Å². The number of hydrogen-bond donors (Lipinski definition) is 1. The number of imidazole rings is 1. The summed E-state index contributed by atoms with van der Waals surface area (Å²) in [5.74, 6) is 1.32. The quantitative estimate of drug-likeness (QED) is 0.935. The minimum absolute atomic E-state index is 0.472. The van der Waals surface area contributed by atoms with E-state index in [1.807, 2.05) is 10.8 Å². The van der Waals surface area contributed by atoms with Crippen molar-refractivity contribution in [1.82, 2.24) is 9.55 Å². The molecular formula is C12H14Cl2N2OS. The molecule has 0 amide bonds. The van der Waals surface area contributed by atoms with Gasteiger partial charge in [-0.05, 0) is 32.2 Å². The van der Waals surface area contributed by atoms with Gasteiger partial charge in [0, 0.05) is 0 Å². The molecule has 6 heteroatoms. The van der Waals surface area contributed by atoms with Gasteiger partial charge in [0.15, 0.2) is 0 Å². The summed E-state index contributed by atoms with van der Waals surface area (Å²) < 4.78 is 1.96. The summed E-state index contributed by atoms with van der Waals surface area (Å²) in [5, 5.41) is 11.1. The summed E-state index contributed by atoms with van der Waals surface area (Å²) in [5.41, 5.74) is 0.625. The maximum Gasteiger partial charge on any atom is 0.142 e. The molecule has 0 radical (unpaired) electrons. The molecule has 18 heavy (non-hydrogen) atoms. The van der Waals surface area contributed by atoms with Crippen LogP contribution in [-0.4, -0.2) is 20.9 Å². The first-order valence-corrected chi connectivity index (χ1v) is 7.56. The summed E-state index contributed by atoms with van der Waals surface area (Å²) in [4.78, 5) is 4.46. The van der Waals surface area contributed by atoms with Crippen molar-refractivity contribution in [1.29, 1.82) is 0 Å². The smallest absolute Gasteiger partial charge is 0.142 e. The molecule has 0 saturated heterocycles. The van der Waals surface area contributed by atoms with Crippen LogP contribution >= 0.6 is 35.0 Å². The lowest BCUT2D eigenvalue weighted by atomic mass is 10.1. The highest BCUT2D eigenvalue weighted by atomic mass is 35.5. The molecular weight excluding hydrogens is 291 g/mol. The van der Waals surface area contributed by atoms with E-state index >= 15 is 0 Å². The molecule has 1 aromatic heterocycles. The first-order valence-electron chi connectivity index (χ1n) is 5.41. The summed E-state index contributed by atoms with van der Waals surface area (Å²) >= 11 is 13.7. The standard InChI is InChI=1S/C12H14Cl2N2OS/c1-12(2,17)11-15-9-4-7(13)8(14)5-10(9)16(11)6-18-3/h4-5,17H,6H2,1-3H3. The molecule has 3 nitrogen and oxygen atoms in total. The van der Waals surface area contributed by atoms with Crippen molar-refractivity contribution in [2.45, 2.75) is 25.3 Å². The summed E-state index contributed by atoms with van der Waals surface area (Å²) in [6, 6.07) is 3.52. The topological polar surface area (TPSA) is 38.0 Å². The van der Waals surface area contributed by atoms with Crippen LogP contribution in [0.15, 0.2) is 12.1 Å². The van der Waals surface area contributed by atoms with Gasteiger partial charge in [0.1, 0.15) is 11.4 Å². The molecule has 0 aliphatic heterocycles. The number of aliphatic hydroxyl groups is 1. The Labute approximate surface area is 120 Å². The largest absolute Gasteiger partial charge is 0.383 e. The Morgan fingerprint density at radius 1 is 1.33 bits per heavy atom. The molecule has 0 bridgehead atoms. The van der Waals surface area contributed by atoms with E-state index in [0.29, 0.717) is 21.7 Å². The number of aromatic nitrogens is 2. The maximum atomic E-state index is 10.2. The first-order chi connectivity index (χ1) is 8.34. The van der Waals surface area contributed by atoms with Crippen molar-refractivity contribution >= 4 is 46.0 Å². The third kappa shape index (κ3) is 2.48. The summed E-state index contributed by atoms with van der Waals surface area (Å²) in [7, 11) is 0. The molecule has 1 N–H and O–H groups in total. The van der Waals surface area contributed by atoms with Crippen molar-refractivity contribution in [3.8, 4) is 0 Å². The van der Waals surface area contributed by atoms with E-state index in [2.05, 4.69) is 4.98 Å². The second-order valence-corrected chi connectivity index (χ2v) is 6.25. The van der Waals surface area contributed by atoms with Crippen LogP contribution in [0, 0.1) is 0 Å². The van der Waals surface area contributed by atoms with E-state index < -0.39 is 5.60 Å². The predicted molar refractivity (Wildman–Crippen MR) is 78.5 cm³/mol. The molecule has 1 aromatic carbocycles. The van der Waals surface area contributed by atoms with Crippen molar-refractivity contribution in [3.63, 3.8) is 0 Å². The van der Waals surface area contributed by atoms with Gasteiger partial charge in [0.25, 0.3) is 0 Å². The fourth-order valence-corrected chi connectivity index (χ4v) is 2.68. The Hall–Kier alpha value is -0.420. The Morgan fingerprint density at radius 2 is 1.94 bits per heavy atom. The first kappa shape index (κ1) is 14.0. The molecule has 0 fully saturated rings. The molecule has 98 valence electrons. The van der Waals surface area contributed by atoms with Crippen LogP contribution < -0.4 is 0 Å². The van der Waals surface area contributed by atoms with Gasteiger partial charge in [0.05, 0.1) is 27.0 Å². The van der Waals surface area contributed by atoms with Crippen LogP contribution in [0.25, 0.3) is 11.0 Å². The van der Waals surface area contributed by atoms with E-state index in [0.717, 1.165) is 11.0 Å². The second kappa shape index (κ2) is 4.93. The zero-order chi connectivity index (χ0) is 13.5. The number of nitrogens with zero attached hydrogens (tertiary/aromatic N) is 2. The van der Waals surface area contributed by atoms with Gasteiger partial charge < -0.3 is 9.67 Å². The van der Waals surface area contributed by atoms with E-state index in [9.17, 15) is 5.11 Å². The van der Waals surface area contributed by atoms with E-state index in [-0.39, 0.29) is 0 Å². The van der Waals surface area contributed by atoms with E-state index in [1.165, 1.54) is 0 Å². The number of halogens is 2. The van der Waals surface area contributed by atoms with Gasteiger partial charge in [-0.25, -0.2) is 4.98 Å². The molecule has 0 saturated carbocycles. The number of thioether (sulfide) groups is 1. The number of fused-ring (bicyclic) bond motifs is 1. The van der Waals surface area contributed by atoms with Crippen molar-refractivity contribution in [3.05, 3.63) is 28.0 Å².